The number of amides is 1. The highest BCUT2D eigenvalue weighted by molar-refractivity contribution is 5.76. The number of carbonyl (C=O) groups excluding carboxylic acids is 1. The summed E-state index contributed by atoms with van der Waals surface area (Å²) in [6.45, 7) is 5.47. The van der Waals surface area contributed by atoms with Crippen LogP contribution in [0.3, 0.4) is 0 Å². The van der Waals surface area contributed by atoms with Crippen LogP contribution in [0.4, 0.5) is 0 Å². The Hall–Kier alpha value is -1.39. The van der Waals surface area contributed by atoms with Crippen LogP contribution < -0.4 is 0 Å². The molecule has 0 radical (unpaired) electrons. The second-order valence-corrected chi connectivity index (χ2v) is 4.58. The summed E-state index contributed by atoms with van der Waals surface area (Å²) in [6, 6.07) is 0. The molecule has 2 heterocycles. The molecule has 1 aliphatic heterocycles. The molecule has 17 heavy (non-hydrogen) atoms. The first-order valence-electron chi connectivity index (χ1n) is 6.28. The average Bonchev–Trinajstić information content (AvgIpc) is 2.76. The fourth-order valence-corrected chi connectivity index (χ4v) is 2.24. The van der Waals surface area contributed by atoms with Crippen molar-refractivity contribution in [1.82, 2.24) is 15.0 Å². The Balaban J connectivity index is 1.88. The summed E-state index contributed by atoms with van der Waals surface area (Å²) in [6.07, 6.45) is 3.46. The maximum Gasteiger partial charge on any atom is 0.223 e. The van der Waals surface area contributed by atoms with E-state index in [1.54, 1.807) is 6.92 Å². The summed E-state index contributed by atoms with van der Waals surface area (Å²) in [7, 11) is 0. The van der Waals surface area contributed by atoms with Crippen LogP contribution in [-0.2, 0) is 4.79 Å². The molecule has 0 spiro atoms. The SMILES string of the molecule is CCCC(=O)N1CCC(c2noc(C)n2)CC1. The van der Waals surface area contributed by atoms with Crippen molar-refractivity contribution in [3.63, 3.8) is 0 Å². The number of rotatable bonds is 3. The molecule has 94 valence electrons. The molecule has 1 aromatic heterocycles. The van der Waals surface area contributed by atoms with Gasteiger partial charge in [-0.3, -0.25) is 4.79 Å². The third kappa shape index (κ3) is 2.84. The Morgan fingerprint density at radius 2 is 2.18 bits per heavy atom. The monoisotopic (exact) mass is 237 g/mol. The minimum atomic E-state index is 0.273. The lowest BCUT2D eigenvalue weighted by molar-refractivity contribution is -0.132. The molecule has 1 aliphatic rings. The largest absolute Gasteiger partial charge is 0.343 e. The van der Waals surface area contributed by atoms with Crippen LogP contribution in [0, 0.1) is 6.92 Å². The molecule has 0 bridgehead atoms. The van der Waals surface area contributed by atoms with Crippen LogP contribution in [0.2, 0.25) is 0 Å². The quantitative estimate of drug-likeness (QED) is 0.805. The van der Waals surface area contributed by atoms with Crippen LogP contribution in [-0.4, -0.2) is 34.0 Å². The van der Waals surface area contributed by atoms with Crippen molar-refractivity contribution in [2.24, 2.45) is 0 Å². The van der Waals surface area contributed by atoms with Gasteiger partial charge in [-0.2, -0.15) is 4.98 Å². The molecule has 0 atom stereocenters. The van der Waals surface area contributed by atoms with Crippen LogP contribution in [0.15, 0.2) is 4.52 Å². The van der Waals surface area contributed by atoms with Gasteiger partial charge >= 0.3 is 0 Å². The lowest BCUT2D eigenvalue weighted by Crippen LogP contribution is -2.37. The molecule has 0 N–H and O–H groups in total. The highest BCUT2D eigenvalue weighted by Crippen LogP contribution is 2.26. The predicted octanol–water partition coefficient (Wildman–Crippen LogP) is 1.88. The molecular formula is C12H19N3O2. The van der Waals surface area contributed by atoms with E-state index in [0.29, 0.717) is 18.2 Å². The molecule has 1 fully saturated rings. The van der Waals surface area contributed by atoms with E-state index in [2.05, 4.69) is 10.1 Å². The molecule has 0 aromatic carbocycles. The molecule has 1 amide bonds. The number of aryl methyl sites for hydroxylation is 1. The first-order chi connectivity index (χ1) is 8.20. The zero-order valence-electron chi connectivity index (χ0n) is 10.5. The van der Waals surface area contributed by atoms with Crippen molar-refractivity contribution in [2.75, 3.05) is 13.1 Å². The maximum absolute atomic E-state index is 11.7. The van der Waals surface area contributed by atoms with Gasteiger partial charge in [-0.05, 0) is 19.3 Å². The van der Waals surface area contributed by atoms with Crippen LogP contribution in [0.5, 0.6) is 0 Å². The van der Waals surface area contributed by atoms with Gasteiger partial charge in [0.2, 0.25) is 11.8 Å². The van der Waals surface area contributed by atoms with Crippen LogP contribution >= 0.6 is 0 Å². The number of hydrogen-bond acceptors (Lipinski definition) is 4. The standard InChI is InChI=1S/C12H19N3O2/c1-3-4-11(16)15-7-5-10(6-8-15)12-13-9(2)17-14-12/h10H,3-8H2,1-2H3. The van der Waals surface area contributed by atoms with Gasteiger partial charge in [0.05, 0.1) is 0 Å². The first kappa shape index (κ1) is 12.1. The fourth-order valence-electron chi connectivity index (χ4n) is 2.24. The van der Waals surface area contributed by atoms with E-state index >= 15 is 0 Å². The normalized spacial score (nSPS) is 17.4. The van der Waals surface area contributed by atoms with E-state index in [-0.39, 0.29) is 5.91 Å². The summed E-state index contributed by atoms with van der Waals surface area (Å²) in [5.41, 5.74) is 0. The van der Waals surface area contributed by atoms with E-state index in [4.69, 9.17) is 4.52 Å². The minimum absolute atomic E-state index is 0.273. The van der Waals surface area contributed by atoms with Crippen molar-refractivity contribution in [3.05, 3.63) is 11.7 Å². The minimum Gasteiger partial charge on any atom is -0.343 e. The zero-order chi connectivity index (χ0) is 12.3. The highest BCUT2D eigenvalue weighted by atomic mass is 16.5. The Morgan fingerprint density at radius 1 is 1.47 bits per heavy atom. The topological polar surface area (TPSA) is 59.2 Å². The van der Waals surface area contributed by atoms with Crippen LogP contribution in [0.1, 0.15) is 50.2 Å². The summed E-state index contributed by atoms with van der Waals surface area (Å²) in [4.78, 5) is 17.9. The van der Waals surface area contributed by atoms with Gasteiger partial charge in [-0.15, -0.1) is 0 Å². The summed E-state index contributed by atoms with van der Waals surface area (Å²) in [5, 5.41) is 3.96. The smallest absolute Gasteiger partial charge is 0.223 e. The molecule has 0 saturated carbocycles. The Kier molecular flexibility index (Phi) is 3.76. The number of likely N-dealkylation sites (tertiary alicyclic amines) is 1. The Labute approximate surface area is 101 Å². The molecule has 1 aromatic rings. The van der Waals surface area contributed by atoms with Gasteiger partial charge in [0.25, 0.3) is 0 Å². The van der Waals surface area contributed by atoms with Crippen LogP contribution in [0.25, 0.3) is 0 Å². The lowest BCUT2D eigenvalue weighted by Gasteiger charge is -2.30. The Morgan fingerprint density at radius 3 is 2.71 bits per heavy atom. The number of aromatic nitrogens is 2. The number of nitrogens with zero attached hydrogens (tertiary/aromatic N) is 3. The number of hydrogen-bond donors (Lipinski definition) is 0. The molecule has 0 unspecified atom stereocenters. The zero-order valence-corrected chi connectivity index (χ0v) is 10.5. The van der Waals surface area contributed by atoms with E-state index < -0.39 is 0 Å². The molecule has 2 rings (SSSR count). The van der Waals surface area contributed by atoms with Gasteiger partial charge in [0.15, 0.2) is 5.82 Å². The third-order valence-corrected chi connectivity index (χ3v) is 3.22. The van der Waals surface area contributed by atoms with Gasteiger partial charge in [0.1, 0.15) is 0 Å². The third-order valence-electron chi connectivity index (χ3n) is 3.22. The molecular weight excluding hydrogens is 218 g/mol. The second kappa shape index (κ2) is 5.29. The molecule has 5 heteroatoms. The molecule has 0 aliphatic carbocycles. The molecule has 1 saturated heterocycles. The van der Waals surface area contributed by atoms with E-state index in [1.165, 1.54) is 0 Å². The van der Waals surface area contributed by atoms with Gasteiger partial charge in [-0.1, -0.05) is 12.1 Å². The van der Waals surface area contributed by atoms with Crippen molar-refractivity contribution in [3.8, 4) is 0 Å². The van der Waals surface area contributed by atoms with Gasteiger partial charge in [0, 0.05) is 32.4 Å². The summed E-state index contributed by atoms with van der Waals surface area (Å²) >= 11 is 0. The Bertz CT molecular complexity index is 381. The van der Waals surface area contributed by atoms with Crippen molar-refractivity contribution < 1.29 is 9.32 Å². The first-order valence-corrected chi connectivity index (χ1v) is 6.28. The van der Waals surface area contributed by atoms with E-state index in [1.807, 2.05) is 11.8 Å². The lowest BCUT2D eigenvalue weighted by atomic mass is 9.96. The van der Waals surface area contributed by atoms with Gasteiger partial charge in [-0.25, -0.2) is 0 Å². The summed E-state index contributed by atoms with van der Waals surface area (Å²) in [5.74, 6) is 2.03. The van der Waals surface area contributed by atoms with Crippen molar-refractivity contribution >= 4 is 5.91 Å². The molecule has 5 nitrogen and oxygen atoms in total. The van der Waals surface area contributed by atoms with E-state index in [0.717, 1.165) is 38.2 Å². The fraction of sp³-hybridized carbons (Fsp3) is 0.750. The number of carbonyl (C=O) groups is 1. The van der Waals surface area contributed by atoms with Crippen molar-refractivity contribution in [1.29, 1.82) is 0 Å². The number of piperidine rings is 1. The predicted molar refractivity (Wildman–Crippen MR) is 62.5 cm³/mol. The average molecular weight is 237 g/mol. The maximum atomic E-state index is 11.7. The van der Waals surface area contributed by atoms with Crippen molar-refractivity contribution in [2.45, 2.75) is 45.4 Å². The van der Waals surface area contributed by atoms with E-state index in [9.17, 15) is 4.79 Å². The summed E-state index contributed by atoms with van der Waals surface area (Å²) < 4.78 is 4.99. The second-order valence-electron chi connectivity index (χ2n) is 4.58. The highest BCUT2D eigenvalue weighted by Gasteiger charge is 2.26. The van der Waals surface area contributed by atoms with Gasteiger partial charge < -0.3 is 9.42 Å².